The molecular weight excluding hydrogens is 190 g/mol. The average Bonchev–Trinajstić information content (AvgIpc) is 2.10. The highest BCUT2D eigenvalue weighted by Gasteiger charge is 2.17. The lowest BCUT2D eigenvalue weighted by molar-refractivity contribution is 0.0992. The Morgan fingerprint density at radius 2 is 2.14 bits per heavy atom. The molecule has 1 aromatic carbocycles. The van der Waals surface area contributed by atoms with Gasteiger partial charge in [-0.3, -0.25) is 9.79 Å². The van der Waals surface area contributed by atoms with Crippen molar-refractivity contribution in [3.63, 3.8) is 0 Å². The van der Waals surface area contributed by atoms with Gasteiger partial charge in [-0.25, -0.2) is 8.78 Å². The molecule has 0 spiro atoms. The maximum absolute atomic E-state index is 13.3. The Balaban J connectivity index is 3.41. The lowest BCUT2D eigenvalue weighted by atomic mass is 10.1. The van der Waals surface area contributed by atoms with Gasteiger partial charge in [-0.15, -0.1) is 0 Å². The summed E-state index contributed by atoms with van der Waals surface area (Å²) in [6, 6.07) is 2.09. The molecule has 0 heterocycles. The van der Waals surface area contributed by atoms with Crippen molar-refractivity contribution < 1.29 is 13.6 Å². The van der Waals surface area contributed by atoms with E-state index < -0.39 is 23.1 Å². The summed E-state index contributed by atoms with van der Waals surface area (Å²) in [6.45, 7) is 1.58. The van der Waals surface area contributed by atoms with Crippen LogP contribution in [0.1, 0.15) is 17.3 Å². The topological polar surface area (TPSA) is 55.4 Å². The number of primary amides is 1. The summed E-state index contributed by atoms with van der Waals surface area (Å²) in [4.78, 5) is 14.3. The predicted molar refractivity (Wildman–Crippen MR) is 48.7 cm³/mol. The molecule has 5 heteroatoms. The van der Waals surface area contributed by atoms with Gasteiger partial charge in [0.05, 0.1) is 5.69 Å². The first-order valence-electron chi connectivity index (χ1n) is 3.84. The number of rotatable bonds is 2. The van der Waals surface area contributed by atoms with Crippen molar-refractivity contribution in [2.45, 2.75) is 6.92 Å². The minimum Gasteiger partial charge on any atom is -0.365 e. The lowest BCUT2D eigenvalue weighted by Gasteiger charge is -2.02. The highest BCUT2D eigenvalue weighted by atomic mass is 19.1. The maximum atomic E-state index is 13.3. The molecule has 0 bridgehead atoms. The van der Waals surface area contributed by atoms with Crippen molar-refractivity contribution in [2.24, 2.45) is 10.7 Å². The van der Waals surface area contributed by atoms with Crippen molar-refractivity contribution >= 4 is 17.8 Å². The smallest absolute Gasteiger partial charge is 0.254 e. The highest BCUT2D eigenvalue weighted by Crippen LogP contribution is 2.22. The summed E-state index contributed by atoms with van der Waals surface area (Å²) in [5.74, 6) is -3.16. The Bertz CT molecular complexity index is 402. The largest absolute Gasteiger partial charge is 0.365 e. The van der Waals surface area contributed by atoms with E-state index in [1.807, 2.05) is 0 Å². The SMILES string of the molecule is CC=Nc1ccc(F)c(C(N)=O)c1F. The fraction of sp³-hybridized carbons (Fsp3) is 0.111. The van der Waals surface area contributed by atoms with Crippen LogP contribution in [-0.4, -0.2) is 12.1 Å². The van der Waals surface area contributed by atoms with Gasteiger partial charge in [0.25, 0.3) is 5.91 Å². The number of carbonyl (C=O) groups excluding carboxylic acids is 1. The molecule has 0 atom stereocenters. The molecule has 0 radical (unpaired) electrons. The Labute approximate surface area is 79.3 Å². The van der Waals surface area contributed by atoms with Crippen LogP contribution in [0.4, 0.5) is 14.5 Å². The first kappa shape index (κ1) is 10.3. The van der Waals surface area contributed by atoms with E-state index in [4.69, 9.17) is 5.73 Å². The standard InChI is InChI=1S/C9H8F2N2O/c1-2-13-6-4-3-5(10)7(8(6)11)9(12)14/h2-4H,1H3,(H2,12,14). The number of hydrogen-bond acceptors (Lipinski definition) is 2. The normalized spacial score (nSPS) is 10.8. The van der Waals surface area contributed by atoms with Gasteiger partial charge >= 0.3 is 0 Å². The molecule has 0 aliphatic rings. The summed E-state index contributed by atoms with van der Waals surface area (Å²) < 4.78 is 26.2. The molecule has 1 amide bonds. The van der Waals surface area contributed by atoms with Crippen molar-refractivity contribution in [3.05, 3.63) is 29.3 Å². The second kappa shape index (κ2) is 3.95. The van der Waals surface area contributed by atoms with Gasteiger partial charge in [-0.2, -0.15) is 0 Å². The number of amides is 1. The fourth-order valence-corrected chi connectivity index (χ4v) is 1.01. The number of carbonyl (C=O) groups is 1. The van der Waals surface area contributed by atoms with Gasteiger partial charge in [-0.1, -0.05) is 0 Å². The molecule has 0 aliphatic heterocycles. The number of aliphatic imine (C=N–C) groups is 1. The van der Waals surface area contributed by atoms with Crippen LogP contribution in [-0.2, 0) is 0 Å². The van der Waals surface area contributed by atoms with Gasteiger partial charge in [0.1, 0.15) is 11.4 Å². The van der Waals surface area contributed by atoms with Crippen LogP contribution in [0.3, 0.4) is 0 Å². The number of halogens is 2. The van der Waals surface area contributed by atoms with E-state index in [0.717, 1.165) is 12.1 Å². The Hall–Kier alpha value is -1.78. The molecule has 2 N–H and O–H groups in total. The maximum Gasteiger partial charge on any atom is 0.254 e. The second-order valence-corrected chi connectivity index (χ2v) is 2.51. The van der Waals surface area contributed by atoms with Crippen molar-refractivity contribution in [1.29, 1.82) is 0 Å². The third-order valence-electron chi connectivity index (χ3n) is 1.59. The Morgan fingerprint density at radius 3 is 2.64 bits per heavy atom. The Kier molecular flexibility index (Phi) is 2.91. The summed E-state index contributed by atoms with van der Waals surface area (Å²) in [5.41, 5.74) is 3.94. The molecule has 3 nitrogen and oxygen atoms in total. The van der Waals surface area contributed by atoms with Crippen molar-refractivity contribution in [3.8, 4) is 0 Å². The van der Waals surface area contributed by atoms with Gasteiger partial charge in [-0.05, 0) is 19.1 Å². The number of nitrogens with zero attached hydrogens (tertiary/aromatic N) is 1. The summed E-state index contributed by atoms with van der Waals surface area (Å²) >= 11 is 0. The molecule has 14 heavy (non-hydrogen) atoms. The van der Waals surface area contributed by atoms with Crippen molar-refractivity contribution in [2.75, 3.05) is 0 Å². The summed E-state index contributed by atoms with van der Waals surface area (Å²) in [6.07, 6.45) is 1.33. The average molecular weight is 198 g/mol. The molecule has 0 fully saturated rings. The van der Waals surface area contributed by atoms with E-state index in [1.54, 1.807) is 6.92 Å². The first-order valence-corrected chi connectivity index (χ1v) is 3.84. The molecule has 74 valence electrons. The van der Waals surface area contributed by atoms with Gasteiger partial charge in [0.2, 0.25) is 0 Å². The summed E-state index contributed by atoms with van der Waals surface area (Å²) in [5, 5.41) is 0. The van der Waals surface area contributed by atoms with Crippen LogP contribution in [0.15, 0.2) is 17.1 Å². The van der Waals surface area contributed by atoms with Crippen LogP contribution >= 0.6 is 0 Å². The molecule has 1 aromatic rings. The van der Waals surface area contributed by atoms with E-state index in [1.165, 1.54) is 6.21 Å². The fourth-order valence-electron chi connectivity index (χ4n) is 1.01. The lowest BCUT2D eigenvalue weighted by Crippen LogP contribution is -2.15. The molecular formula is C9H8F2N2O. The van der Waals surface area contributed by atoms with Crippen LogP contribution < -0.4 is 5.73 Å². The third-order valence-corrected chi connectivity index (χ3v) is 1.59. The predicted octanol–water partition coefficient (Wildman–Crippen LogP) is 1.79. The number of nitrogens with two attached hydrogens (primary N) is 1. The molecule has 1 rings (SSSR count). The first-order chi connectivity index (χ1) is 6.57. The minimum absolute atomic E-state index is 0.109. The van der Waals surface area contributed by atoms with E-state index in [0.29, 0.717) is 0 Å². The third kappa shape index (κ3) is 1.76. The second-order valence-electron chi connectivity index (χ2n) is 2.51. The molecule has 0 saturated carbocycles. The van der Waals surface area contributed by atoms with Crippen LogP contribution in [0.5, 0.6) is 0 Å². The number of hydrogen-bond donors (Lipinski definition) is 1. The zero-order valence-electron chi connectivity index (χ0n) is 7.42. The van der Waals surface area contributed by atoms with Gasteiger partial charge in [0, 0.05) is 6.21 Å². The molecule has 0 saturated heterocycles. The zero-order valence-corrected chi connectivity index (χ0v) is 7.42. The van der Waals surface area contributed by atoms with Crippen LogP contribution in [0.2, 0.25) is 0 Å². The molecule has 0 aromatic heterocycles. The number of benzene rings is 1. The monoisotopic (exact) mass is 198 g/mol. The van der Waals surface area contributed by atoms with Crippen LogP contribution in [0.25, 0.3) is 0 Å². The minimum atomic E-state index is -1.15. The van der Waals surface area contributed by atoms with Gasteiger partial charge in [0.15, 0.2) is 5.82 Å². The summed E-state index contributed by atoms with van der Waals surface area (Å²) in [7, 11) is 0. The zero-order chi connectivity index (χ0) is 10.7. The molecule has 0 aliphatic carbocycles. The van der Waals surface area contributed by atoms with Crippen molar-refractivity contribution in [1.82, 2.24) is 0 Å². The highest BCUT2D eigenvalue weighted by molar-refractivity contribution is 5.94. The van der Waals surface area contributed by atoms with E-state index in [9.17, 15) is 13.6 Å². The van der Waals surface area contributed by atoms with E-state index in [2.05, 4.69) is 4.99 Å². The molecule has 0 unspecified atom stereocenters. The van der Waals surface area contributed by atoms with E-state index in [-0.39, 0.29) is 5.69 Å². The van der Waals surface area contributed by atoms with Crippen LogP contribution in [0, 0.1) is 11.6 Å². The van der Waals surface area contributed by atoms with Gasteiger partial charge < -0.3 is 5.73 Å². The Morgan fingerprint density at radius 1 is 1.50 bits per heavy atom. The van der Waals surface area contributed by atoms with E-state index >= 15 is 0 Å². The quantitative estimate of drug-likeness (QED) is 0.723.